The minimum Gasteiger partial charge on any atom is -0.336 e. The van der Waals surface area contributed by atoms with E-state index in [9.17, 15) is 4.79 Å². The molecule has 2 amide bonds. The molecule has 25 heavy (non-hydrogen) atoms. The average molecular weight is 340 g/mol. The summed E-state index contributed by atoms with van der Waals surface area (Å²) >= 11 is 0. The maximum absolute atomic E-state index is 12.5. The van der Waals surface area contributed by atoms with Crippen molar-refractivity contribution in [3.8, 4) is 0 Å². The normalized spacial score (nSPS) is 16.3. The van der Waals surface area contributed by atoms with Crippen LogP contribution in [0.4, 0.5) is 4.79 Å². The van der Waals surface area contributed by atoms with Crippen molar-refractivity contribution in [1.29, 1.82) is 0 Å². The molecule has 0 spiro atoms. The Morgan fingerprint density at radius 1 is 1.20 bits per heavy atom. The van der Waals surface area contributed by atoms with E-state index in [1.54, 1.807) is 11.1 Å². The number of nitrogens with zero attached hydrogens (tertiary/aromatic N) is 3. The first-order chi connectivity index (χ1) is 12.0. The largest absolute Gasteiger partial charge is 0.336 e. The molecule has 1 fully saturated rings. The Balaban J connectivity index is 1.60. The van der Waals surface area contributed by atoms with E-state index in [-0.39, 0.29) is 11.6 Å². The highest BCUT2D eigenvalue weighted by Crippen LogP contribution is 2.33. The number of aromatic nitrogens is 1. The van der Waals surface area contributed by atoms with E-state index in [0.717, 1.165) is 29.3 Å². The van der Waals surface area contributed by atoms with Gasteiger partial charge in [0.25, 0.3) is 0 Å². The van der Waals surface area contributed by atoms with Crippen molar-refractivity contribution < 1.29 is 4.79 Å². The van der Waals surface area contributed by atoms with E-state index < -0.39 is 0 Å². The Kier molecular flexibility index (Phi) is 5.23. The van der Waals surface area contributed by atoms with Gasteiger partial charge >= 0.3 is 6.03 Å². The highest BCUT2D eigenvalue weighted by molar-refractivity contribution is 5.79. The number of urea groups is 1. The van der Waals surface area contributed by atoms with Crippen molar-refractivity contribution in [1.82, 2.24) is 20.1 Å². The van der Waals surface area contributed by atoms with E-state index >= 15 is 0 Å². The lowest BCUT2D eigenvalue weighted by Crippen LogP contribution is -2.52. The van der Waals surface area contributed by atoms with E-state index in [0.29, 0.717) is 13.1 Å². The highest BCUT2D eigenvalue weighted by atomic mass is 16.2. The van der Waals surface area contributed by atoms with Crippen LogP contribution in [0.1, 0.15) is 31.2 Å². The average Bonchev–Trinajstić information content (AvgIpc) is 3.10. The number of hydrogen-bond donors (Lipinski definition) is 1. The summed E-state index contributed by atoms with van der Waals surface area (Å²) < 4.78 is 0. The van der Waals surface area contributed by atoms with Gasteiger partial charge < -0.3 is 15.1 Å². The van der Waals surface area contributed by atoms with Crippen LogP contribution in [0.2, 0.25) is 0 Å². The van der Waals surface area contributed by atoms with Gasteiger partial charge in [0.1, 0.15) is 0 Å². The van der Waals surface area contributed by atoms with Gasteiger partial charge in [-0.1, -0.05) is 25.0 Å². The first-order valence-electron chi connectivity index (χ1n) is 9.00. The molecule has 1 aromatic carbocycles. The van der Waals surface area contributed by atoms with Crippen LogP contribution < -0.4 is 5.32 Å². The lowest BCUT2D eigenvalue weighted by atomic mass is 9.96. The quantitative estimate of drug-likeness (QED) is 0.909. The molecule has 3 rings (SSSR count). The van der Waals surface area contributed by atoms with E-state index in [1.165, 1.54) is 12.8 Å². The van der Waals surface area contributed by atoms with Crippen molar-refractivity contribution >= 4 is 16.9 Å². The van der Waals surface area contributed by atoms with Crippen LogP contribution in [0.3, 0.4) is 0 Å². The van der Waals surface area contributed by atoms with Crippen molar-refractivity contribution in [2.24, 2.45) is 0 Å². The second kappa shape index (κ2) is 7.40. The van der Waals surface area contributed by atoms with E-state index in [4.69, 9.17) is 0 Å². The fourth-order valence-corrected chi connectivity index (χ4v) is 3.76. The summed E-state index contributed by atoms with van der Waals surface area (Å²) in [6, 6.07) is 10.1. The number of hydrogen-bond acceptors (Lipinski definition) is 3. The number of benzene rings is 1. The van der Waals surface area contributed by atoms with Crippen molar-refractivity contribution in [2.45, 2.75) is 37.8 Å². The molecule has 1 aliphatic rings. The standard InChI is InChI=1S/C20H28N4O/c1-23(2)20(10-4-5-11-20)15-22-19(25)24(3)14-16-8-9-18-17(13-16)7-6-12-21-18/h6-9,12-13H,4-5,10-11,14-15H2,1-3H3,(H,22,25). The molecule has 2 aromatic rings. The molecule has 1 saturated carbocycles. The van der Waals surface area contributed by atoms with Crippen molar-refractivity contribution in [3.63, 3.8) is 0 Å². The Morgan fingerprint density at radius 2 is 1.96 bits per heavy atom. The van der Waals surface area contributed by atoms with Crippen LogP contribution in [0.5, 0.6) is 0 Å². The molecule has 0 aliphatic heterocycles. The SMILES string of the molecule is CN(Cc1ccc2ncccc2c1)C(=O)NCC1(N(C)C)CCCC1. The predicted octanol–water partition coefficient (Wildman–Crippen LogP) is 3.25. The second-order valence-corrected chi connectivity index (χ2v) is 7.37. The number of rotatable bonds is 5. The Labute approximate surface area is 150 Å². The summed E-state index contributed by atoms with van der Waals surface area (Å²) in [5.74, 6) is 0. The zero-order valence-corrected chi connectivity index (χ0v) is 15.5. The molecule has 0 radical (unpaired) electrons. The number of fused-ring (bicyclic) bond motifs is 1. The number of pyridine rings is 1. The number of carbonyl (C=O) groups is 1. The third-order valence-electron chi connectivity index (χ3n) is 5.49. The van der Waals surface area contributed by atoms with Crippen molar-refractivity contribution in [2.75, 3.05) is 27.7 Å². The van der Waals surface area contributed by atoms with Gasteiger partial charge in [-0.3, -0.25) is 4.98 Å². The summed E-state index contributed by atoms with van der Waals surface area (Å²) in [6.45, 7) is 1.30. The Morgan fingerprint density at radius 3 is 2.68 bits per heavy atom. The van der Waals surface area contributed by atoms with Gasteiger partial charge in [0.15, 0.2) is 0 Å². The van der Waals surface area contributed by atoms with Crippen LogP contribution in [0.15, 0.2) is 36.5 Å². The highest BCUT2D eigenvalue weighted by Gasteiger charge is 2.36. The van der Waals surface area contributed by atoms with Gasteiger partial charge in [-0.05, 0) is 50.7 Å². The topological polar surface area (TPSA) is 48.5 Å². The predicted molar refractivity (Wildman–Crippen MR) is 101 cm³/mol. The molecule has 5 nitrogen and oxygen atoms in total. The maximum atomic E-state index is 12.5. The molecule has 0 atom stereocenters. The third kappa shape index (κ3) is 3.93. The van der Waals surface area contributed by atoms with Gasteiger partial charge in [0, 0.05) is 37.3 Å². The number of amides is 2. The van der Waals surface area contributed by atoms with Crippen LogP contribution in [-0.4, -0.2) is 54.0 Å². The van der Waals surface area contributed by atoms with Gasteiger partial charge in [-0.15, -0.1) is 0 Å². The molecule has 0 bridgehead atoms. The molecule has 0 saturated heterocycles. The van der Waals surface area contributed by atoms with Crippen LogP contribution in [-0.2, 0) is 6.54 Å². The number of likely N-dealkylation sites (N-methyl/N-ethyl adjacent to an activating group) is 1. The number of carbonyl (C=O) groups excluding carboxylic acids is 1. The molecular formula is C20H28N4O. The molecule has 1 heterocycles. The lowest BCUT2D eigenvalue weighted by Gasteiger charge is -2.37. The molecule has 5 heteroatoms. The monoisotopic (exact) mass is 340 g/mol. The summed E-state index contributed by atoms with van der Waals surface area (Å²) in [7, 11) is 6.08. The van der Waals surface area contributed by atoms with Crippen LogP contribution >= 0.6 is 0 Å². The minimum absolute atomic E-state index is 0.0144. The lowest BCUT2D eigenvalue weighted by molar-refractivity contribution is 0.148. The van der Waals surface area contributed by atoms with Gasteiger partial charge in [0.2, 0.25) is 0 Å². The fraction of sp³-hybridized carbons (Fsp3) is 0.500. The van der Waals surface area contributed by atoms with Crippen LogP contribution in [0, 0.1) is 0 Å². The first kappa shape index (κ1) is 17.7. The van der Waals surface area contributed by atoms with Gasteiger partial charge in [-0.2, -0.15) is 0 Å². The molecule has 134 valence electrons. The smallest absolute Gasteiger partial charge is 0.317 e. The first-order valence-corrected chi connectivity index (χ1v) is 9.00. The molecule has 1 aliphatic carbocycles. The molecular weight excluding hydrogens is 312 g/mol. The zero-order chi connectivity index (χ0) is 17.9. The summed E-state index contributed by atoms with van der Waals surface area (Å²) in [6.07, 6.45) is 6.60. The van der Waals surface area contributed by atoms with Crippen LogP contribution in [0.25, 0.3) is 10.9 Å². The molecule has 0 unspecified atom stereocenters. The Bertz CT molecular complexity index is 737. The zero-order valence-electron chi connectivity index (χ0n) is 15.5. The maximum Gasteiger partial charge on any atom is 0.317 e. The van der Waals surface area contributed by atoms with Gasteiger partial charge in [-0.25, -0.2) is 4.79 Å². The summed E-state index contributed by atoms with van der Waals surface area (Å²) in [5, 5.41) is 4.24. The minimum atomic E-state index is -0.0144. The van der Waals surface area contributed by atoms with Crippen molar-refractivity contribution in [3.05, 3.63) is 42.1 Å². The molecule has 1 N–H and O–H groups in total. The number of nitrogens with one attached hydrogen (secondary N) is 1. The molecule has 1 aromatic heterocycles. The third-order valence-corrected chi connectivity index (χ3v) is 5.49. The fourth-order valence-electron chi connectivity index (χ4n) is 3.76. The van der Waals surface area contributed by atoms with E-state index in [1.807, 2.05) is 31.3 Å². The second-order valence-electron chi connectivity index (χ2n) is 7.37. The summed E-state index contributed by atoms with van der Waals surface area (Å²) in [4.78, 5) is 20.9. The van der Waals surface area contributed by atoms with Gasteiger partial charge in [0.05, 0.1) is 5.52 Å². The Hall–Kier alpha value is -2.14. The summed E-state index contributed by atoms with van der Waals surface area (Å²) in [5.41, 5.74) is 2.21. The van der Waals surface area contributed by atoms with E-state index in [2.05, 4.69) is 35.4 Å².